The number of benzene rings is 1. The average Bonchev–Trinajstić information content (AvgIpc) is 3.45. The molecule has 1 spiro atoms. The second-order valence-electron chi connectivity index (χ2n) is 17.3. The lowest BCUT2D eigenvalue weighted by atomic mass is 9.38. The molecular weight excluding hydrogens is 704 g/mol. The average molecular weight is 755 g/mol. The molecule has 0 amide bonds. The number of furan rings is 1. The predicted molar refractivity (Wildman–Crippen MR) is 203 cm³/mol. The molecule has 2 saturated carbocycles. The van der Waals surface area contributed by atoms with Gasteiger partial charge in [0.1, 0.15) is 39.9 Å². The Morgan fingerprint density at radius 1 is 1.05 bits per heavy atom. The smallest absolute Gasteiger partial charge is 0.302 e. The van der Waals surface area contributed by atoms with Crippen LogP contribution in [0.5, 0.6) is 11.5 Å². The van der Waals surface area contributed by atoms with Gasteiger partial charge in [0.2, 0.25) is 5.78 Å². The van der Waals surface area contributed by atoms with E-state index in [1.54, 1.807) is 45.4 Å². The zero-order chi connectivity index (χ0) is 40.2. The lowest BCUT2D eigenvalue weighted by Gasteiger charge is -2.64. The van der Waals surface area contributed by atoms with Gasteiger partial charge in [-0.05, 0) is 90.0 Å². The summed E-state index contributed by atoms with van der Waals surface area (Å²) < 4.78 is 28.9. The Labute approximate surface area is 320 Å². The van der Waals surface area contributed by atoms with Crippen molar-refractivity contribution in [1.29, 1.82) is 0 Å². The van der Waals surface area contributed by atoms with E-state index in [2.05, 4.69) is 6.92 Å². The second-order valence-corrected chi connectivity index (χ2v) is 17.3. The largest absolute Gasteiger partial charge is 0.507 e. The number of aromatic hydroxyl groups is 1. The van der Waals surface area contributed by atoms with Crippen molar-refractivity contribution in [2.24, 2.45) is 27.6 Å². The number of rotatable bonds is 5. The van der Waals surface area contributed by atoms with Crippen molar-refractivity contribution in [3.8, 4) is 11.5 Å². The molecule has 5 aliphatic rings. The molecule has 11 heteroatoms. The van der Waals surface area contributed by atoms with E-state index in [1.165, 1.54) is 26.2 Å². The van der Waals surface area contributed by atoms with Crippen LogP contribution in [0.2, 0.25) is 0 Å². The van der Waals surface area contributed by atoms with E-state index < -0.39 is 51.0 Å². The summed E-state index contributed by atoms with van der Waals surface area (Å²) >= 11 is 0. The molecule has 11 nitrogen and oxygen atoms in total. The molecule has 0 bridgehead atoms. The predicted octanol–water partition coefficient (Wildman–Crippen LogP) is 7.76. The van der Waals surface area contributed by atoms with Gasteiger partial charge in [0, 0.05) is 41.4 Å². The molecule has 8 atom stereocenters. The Kier molecular flexibility index (Phi) is 8.76. The number of hydrogen-bond donors (Lipinski definition) is 2. The zero-order valence-corrected chi connectivity index (χ0v) is 33.1. The van der Waals surface area contributed by atoms with E-state index in [-0.39, 0.29) is 40.1 Å². The lowest BCUT2D eigenvalue weighted by molar-refractivity contribution is -0.200. The van der Waals surface area contributed by atoms with Crippen LogP contribution in [0.4, 0.5) is 0 Å². The summed E-state index contributed by atoms with van der Waals surface area (Å²) in [6, 6.07) is 4.78. The number of carbonyl (C=O) groups is 3. The minimum absolute atomic E-state index is 0.0453. The first-order valence-electron chi connectivity index (χ1n) is 18.8. The zero-order valence-electron chi connectivity index (χ0n) is 33.1. The summed E-state index contributed by atoms with van der Waals surface area (Å²) in [6.45, 7) is 16.5. The van der Waals surface area contributed by atoms with E-state index in [0.717, 1.165) is 16.7 Å². The number of aliphatic hydroxyl groups is 1. The number of fused-ring (bicyclic) bond motifs is 4. The minimum Gasteiger partial charge on any atom is -0.507 e. The summed E-state index contributed by atoms with van der Waals surface area (Å²) in [5.74, 6) is -0.932. The van der Waals surface area contributed by atoms with Crippen molar-refractivity contribution in [3.63, 3.8) is 0 Å². The van der Waals surface area contributed by atoms with Gasteiger partial charge < -0.3 is 33.3 Å². The molecule has 1 saturated heterocycles. The van der Waals surface area contributed by atoms with Gasteiger partial charge >= 0.3 is 5.97 Å². The first-order chi connectivity index (χ1) is 25.7. The fourth-order valence-electron chi connectivity index (χ4n) is 11.4. The van der Waals surface area contributed by atoms with Crippen LogP contribution in [0, 0.1) is 34.5 Å². The molecule has 8 unspecified atom stereocenters. The van der Waals surface area contributed by atoms with Gasteiger partial charge in [-0.1, -0.05) is 31.6 Å². The summed E-state index contributed by atoms with van der Waals surface area (Å²) in [5.41, 5.74) is -0.992. The first kappa shape index (κ1) is 38.4. The number of Topliss-reactive ketones (excluding diaryl/α,β-unsaturated/α-hetero) is 1. The van der Waals surface area contributed by atoms with E-state index >= 15 is 0 Å². The third-order valence-electron chi connectivity index (χ3n) is 13.5. The lowest BCUT2D eigenvalue weighted by Crippen LogP contribution is -2.70. The first-order valence-corrected chi connectivity index (χ1v) is 18.8. The van der Waals surface area contributed by atoms with Gasteiger partial charge in [-0.2, -0.15) is 0 Å². The minimum atomic E-state index is -1.17. The number of epoxide rings is 1. The highest BCUT2D eigenvalue weighted by Crippen LogP contribution is 2.81. The van der Waals surface area contributed by atoms with Crippen molar-refractivity contribution in [2.75, 3.05) is 7.11 Å². The molecule has 2 aromatic heterocycles. The Morgan fingerprint density at radius 2 is 1.76 bits per heavy atom. The number of ether oxygens (including phenoxy) is 3. The maximum absolute atomic E-state index is 14.3. The molecule has 3 aromatic rings. The molecule has 292 valence electrons. The van der Waals surface area contributed by atoms with Crippen LogP contribution >= 0.6 is 0 Å². The number of aliphatic hydroxyl groups excluding tert-OH is 1. The van der Waals surface area contributed by atoms with Crippen LogP contribution in [0.1, 0.15) is 91.0 Å². The molecule has 0 radical (unpaired) electrons. The molecule has 1 aliphatic heterocycles. The summed E-state index contributed by atoms with van der Waals surface area (Å²) in [6.07, 6.45) is 9.77. The van der Waals surface area contributed by atoms with Gasteiger partial charge in [0.15, 0.2) is 17.0 Å². The number of phenolic OH excluding ortho intramolecular Hbond substituents is 1. The van der Waals surface area contributed by atoms with Gasteiger partial charge in [-0.25, -0.2) is 0 Å². The fraction of sp³-hybridized carbons (Fsp3) is 0.500. The quantitative estimate of drug-likeness (QED) is 0.149. The SMILES string of the molecule is CC(=O)OC1CC2(C)C(c3ccoc3)CC3OC32C2(C)C(=O)C(O)=C3C(C)(C)C(=O)C=CC3(C)C12.COc1cc(O)c2c(=O)cc(C)oc2c1CC=C(C)C. The number of carbonyl (C=O) groups excluding carboxylic acids is 3. The van der Waals surface area contributed by atoms with Crippen LogP contribution in [0.3, 0.4) is 0 Å². The monoisotopic (exact) mass is 754 g/mol. The van der Waals surface area contributed by atoms with Gasteiger partial charge in [0.05, 0.1) is 36.6 Å². The van der Waals surface area contributed by atoms with Gasteiger partial charge in [0.25, 0.3) is 0 Å². The fourth-order valence-corrected chi connectivity index (χ4v) is 11.4. The highest BCUT2D eigenvalue weighted by molar-refractivity contribution is 6.06. The Morgan fingerprint density at radius 3 is 2.38 bits per heavy atom. The molecule has 2 N–H and O–H groups in total. The normalized spacial score (nSPS) is 33.8. The molecule has 3 fully saturated rings. The second kappa shape index (κ2) is 12.6. The number of phenols is 1. The number of aryl methyl sites for hydroxylation is 1. The summed E-state index contributed by atoms with van der Waals surface area (Å²) in [7, 11) is 1.53. The van der Waals surface area contributed by atoms with Crippen molar-refractivity contribution in [3.05, 3.63) is 93.0 Å². The number of allylic oxidation sites excluding steroid dienone is 6. The number of esters is 1. The van der Waals surface area contributed by atoms with E-state index in [4.69, 9.17) is 23.0 Å². The highest BCUT2D eigenvalue weighted by Gasteiger charge is 2.89. The van der Waals surface area contributed by atoms with Crippen LogP contribution in [-0.2, 0) is 30.3 Å². The summed E-state index contributed by atoms with van der Waals surface area (Å²) in [5, 5.41) is 21.7. The maximum atomic E-state index is 14.3. The Hall–Kier alpha value is -4.90. The van der Waals surface area contributed by atoms with Crippen molar-refractivity contribution < 1.29 is 47.6 Å². The molecule has 55 heavy (non-hydrogen) atoms. The van der Waals surface area contributed by atoms with E-state index in [1.807, 2.05) is 39.8 Å². The summed E-state index contributed by atoms with van der Waals surface area (Å²) in [4.78, 5) is 51.6. The van der Waals surface area contributed by atoms with Crippen LogP contribution in [-0.4, -0.2) is 52.7 Å². The van der Waals surface area contributed by atoms with Crippen LogP contribution < -0.4 is 10.2 Å². The topological polar surface area (TPSA) is 166 Å². The van der Waals surface area contributed by atoms with Crippen molar-refractivity contribution in [1.82, 2.24) is 0 Å². The standard InChI is InChI=1S/C28H32O7.C16H18O4/c1-14(29)34-17-12-26(5)16(15-8-10-33-13-15)11-19-28(26,35-19)27(6)21(17)25(4)9-7-18(30)24(2,3)22(25)20(31)23(27)32;1-9(2)5-6-11-14(19-4)8-13(18)15-12(17)7-10(3)20-16(11)15/h7-10,13,16-17,19,21,31H,11-12H2,1-6H3;5,7-8,18H,6H2,1-4H3. The Balaban J connectivity index is 0.000000198. The number of hydrogen-bond acceptors (Lipinski definition) is 11. The van der Waals surface area contributed by atoms with Gasteiger partial charge in [-0.3, -0.25) is 19.2 Å². The van der Waals surface area contributed by atoms with Crippen molar-refractivity contribution >= 4 is 28.5 Å². The third kappa shape index (κ3) is 5.17. The van der Waals surface area contributed by atoms with E-state index in [9.17, 15) is 29.4 Å². The van der Waals surface area contributed by atoms with Crippen LogP contribution in [0.25, 0.3) is 11.0 Å². The molecule has 4 aliphatic carbocycles. The number of ketones is 2. The maximum Gasteiger partial charge on any atom is 0.302 e. The third-order valence-corrected chi connectivity index (χ3v) is 13.5. The molecule has 3 heterocycles. The Bertz CT molecular complexity index is 2280. The van der Waals surface area contributed by atoms with Gasteiger partial charge in [-0.15, -0.1) is 0 Å². The van der Waals surface area contributed by atoms with Crippen molar-refractivity contribution in [2.45, 2.75) is 105 Å². The number of methoxy groups -OCH3 is 1. The van der Waals surface area contributed by atoms with E-state index in [0.29, 0.717) is 41.9 Å². The molecule has 8 rings (SSSR count). The van der Waals surface area contributed by atoms with Crippen LogP contribution in [0.15, 0.2) is 79.5 Å². The highest BCUT2D eigenvalue weighted by atomic mass is 16.6. The molecular formula is C44H50O11. The molecule has 1 aromatic carbocycles.